The smallest absolute Gasteiger partial charge is 0.338 e. The highest BCUT2D eigenvalue weighted by atomic mass is 19.1. The van der Waals surface area contributed by atoms with Crippen LogP contribution in [0.1, 0.15) is 15.9 Å². The Labute approximate surface area is 158 Å². The summed E-state index contributed by atoms with van der Waals surface area (Å²) in [4.78, 5) is 15.5. The molecule has 0 atom stereocenters. The third-order valence-corrected chi connectivity index (χ3v) is 4.16. The molecule has 0 aliphatic carbocycles. The Bertz CT molecular complexity index is 1260. The second kappa shape index (κ2) is 6.81. The van der Waals surface area contributed by atoms with Crippen molar-refractivity contribution in [1.82, 2.24) is 14.6 Å². The van der Waals surface area contributed by atoms with Crippen LogP contribution < -0.4 is 5.32 Å². The fraction of sp³-hybridized carbons (Fsp3) is 0. The Balaban J connectivity index is 1.70. The Morgan fingerprint density at radius 2 is 1.93 bits per heavy atom. The van der Waals surface area contributed by atoms with Gasteiger partial charge in [-0.2, -0.15) is 10.2 Å². The van der Waals surface area contributed by atoms with Crippen molar-refractivity contribution >= 4 is 23.3 Å². The molecule has 136 valence electrons. The Kier molecular flexibility index (Phi) is 4.18. The molecular formula is C20H12FN5O2. The van der Waals surface area contributed by atoms with E-state index in [0.29, 0.717) is 34.0 Å². The summed E-state index contributed by atoms with van der Waals surface area (Å²) in [6.07, 6.45) is 1.67. The van der Waals surface area contributed by atoms with E-state index in [9.17, 15) is 14.4 Å². The number of pyridine rings is 1. The molecule has 4 aromatic rings. The number of benzene rings is 2. The zero-order valence-electron chi connectivity index (χ0n) is 14.3. The van der Waals surface area contributed by atoms with Crippen LogP contribution in [0.25, 0.3) is 16.8 Å². The molecule has 28 heavy (non-hydrogen) atoms. The zero-order chi connectivity index (χ0) is 19.7. The highest BCUT2D eigenvalue weighted by Crippen LogP contribution is 2.24. The molecule has 0 bridgehead atoms. The number of nitrogens with one attached hydrogen (secondary N) is 1. The maximum absolute atomic E-state index is 13.6. The molecule has 0 radical (unpaired) electrons. The highest BCUT2D eigenvalue weighted by molar-refractivity contribution is 5.89. The highest BCUT2D eigenvalue weighted by Gasteiger charge is 2.13. The van der Waals surface area contributed by atoms with Gasteiger partial charge in [0.05, 0.1) is 16.8 Å². The molecule has 2 heterocycles. The number of halogens is 1. The predicted octanol–water partition coefficient (Wildman–Crippen LogP) is 3.85. The van der Waals surface area contributed by atoms with E-state index in [1.165, 1.54) is 16.6 Å². The monoisotopic (exact) mass is 373 g/mol. The number of aromatic nitrogens is 3. The van der Waals surface area contributed by atoms with Crippen molar-refractivity contribution in [3.63, 3.8) is 0 Å². The summed E-state index contributed by atoms with van der Waals surface area (Å²) in [5.74, 6) is -1.81. The number of para-hydroxylation sites is 1. The van der Waals surface area contributed by atoms with Gasteiger partial charge in [0.2, 0.25) is 5.95 Å². The first-order chi connectivity index (χ1) is 13.5. The van der Waals surface area contributed by atoms with Crippen LogP contribution in [0.15, 0.2) is 60.8 Å². The maximum atomic E-state index is 13.6. The van der Waals surface area contributed by atoms with Crippen LogP contribution in [-0.2, 0) is 0 Å². The maximum Gasteiger partial charge on any atom is 0.338 e. The summed E-state index contributed by atoms with van der Waals surface area (Å²) in [5.41, 5.74) is 2.41. The second-order valence-corrected chi connectivity index (χ2v) is 5.94. The quantitative estimate of drug-likeness (QED) is 0.563. The average molecular weight is 373 g/mol. The fourth-order valence-corrected chi connectivity index (χ4v) is 2.79. The van der Waals surface area contributed by atoms with Crippen LogP contribution in [0, 0.1) is 17.1 Å². The molecule has 2 N–H and O–H groups in total. The van der Waals surface area contributed by atoms with E-state index in [4.69, 9.17) is 5.11 Å². The summed E-state index contributed by atoms with van der Waals surface area (Å²) in [6, 6.07) is 16.5. The van der Waals surface area contributed by atoms with E-state index in [2.05, 4.69) is 21.5 Å². The van der Waals surface area contributed by atoms with Gasteiger partial charge in [-0.25, -0.2) is 13.7 Å². The van der Waals surface area contributed by atoms with E-state index in [1.54, 1.807) is 42.6 Å². The van der Waals surface area contributed by atoms with E-state index in [0.717, 1.165) is 6.07 Å². The van der Waals surface area contributed by atoms with Gasteiger partial charge in [-0.3, -0.25) is 0 Å². The normalized spacial score (nSPS) is 10.6. The number of hydrogen-bond donors (Lipinski definition) is 2. The van der Waals surface area contributed by atoms with E-state index in [-0.39, 0.29) is 0 Å². The van der Waals surface area contributed by atoms with E-state index in [1.807, 2.05) is 0 Å². The number of rotatable bonds is 4. The van der Waals surface area contributed by atoms with Gasteiger partial charge in [0.25, 0.3) is 0 Å². The largest absolute Gasteiger partial charge is 0.478 e. The van der Waals surface area contributed by atoms with Crippen molar-refractivity contribution in [3.05, 3.63) is 77.7 Å². The van der Waals surface area contributed by atoms with Crippen molar-refractivity contribution < 1.29 is 14.3 Å². The molecule has 0 spiro atoms. The summed E-state index contributed by atoms with van der Waals surface area (Å²) in [6.45, 7) is 0. The van der Waals surface area contributed by atoms with Crippen LogP contribution >= 0.6 is 0 Å². The SMILES string of the molecule is N#Cc1ccccc1Nc1nc2ccc(-c3ccc(F)c(C(=O)O)c3)cn2n1. The Morgan fingerprint density at radius 1 is 1.14 bits per heavy atom. The van der Waals surface area contributed by atoms with Crippen LogP contribution in [0.5, 0.6) is 0 Å². The summed E-state index contributed by atoms with van der Waals surface area (Å²) in [5, 5.41) is 25.6. The molecule has 0 aliphatic rings. The minimum atomic E-state index is -1.33. The summed E-state index contributed by atoms with van der Waals surface area (Å²) in [7, 11) is 0. The number of nitriles is 1. The molecule has 0 aliphatic heterocycles. The predicted molar refractivity (Wildman–Crippen MR) is 99.8 cm³/mol. The van der Waals surface area contributed by atoms with Crippen LogP contribution in [0.4, 0.5) is 16.0 Å². The molecule has 7 nitrogen and oxygen atoms in total. The number of fused-ring (bicyclic) bond motifs is 1. The van der Waals surface area contributed by atoms with Crippen LogP contribution in [-0.4, -0.2) is 25.7 Å². The number of carboxylic acids is 1. The standard InChI is InChI=1S/C20H12FN5O2/c21-16-7-5-12(9-15(16)19(27)28)14-6-8-18-24-20(25-26(18)11-14)23-17-4-2-1-3-13(17)10-22/h1-9,11H,(H,23,25)(H,27,28). The molecule has 8 heteroatoms. The number of carboxylic acid groups (broad SMARTS) is 1. The minimum absolute atomic E-state index is 0.310. The molecule has 0 saturated heterocycles. The molecular weight excluding hydrogens is 361 g/mol. The van der Waals surface area contributed by atoms with Gasteiger partial charge in [0, 0.05) is 11.8 Å². The zero-order valence-corrected chi connectivity index (χ0v) is 14.3. The van der Waals surface area contributed by atoms with Crippen LogP contribution in [0.2, 0.25) is 0 Å². The Hall–Kier alpha value is -4.25. The first kappa shape index (κ1) is 17.2. The molecule has 0 unspecified atom stereocenters. The van der Waals surface area contributed by atoms with Gasteiger partial charge in [0.15, 0.2) is 5.65 Å². The first-order valence-corrected chi connectivity index (χ1v) is 8.21. The molecule has 4 rings (SSSR count). The van der Waals surface area contributed by atoms with Crippen molar-refractivity contribution in [2.45, 2.75) is 0 Å². The average Bonchev–Trinajstić information content (AvgIpc) is 3.10. The van der Waals surface area contributed by atoms with Gasteiger partial charge < -0.3 is 10.4 Å². The van der Waals surface area contributed by atoms with Gasteiger partial charge in [-0.05, 0) is 42.0 Å². The lowest BCUT2D eigenvalue weighted by molar-refractivity contribution is 0.0692. The third-order valence-electron chi connectivity index (χ3n) is 4.16. The Morgan fingerprint density at radius 3 is 2.71 bits per heavy atom. The van der Waals surface area contributed by atoms with Gasteiger partial charge >= 0.3 is 5.97 Å². The van der Waals surface area contributed by atoms with Gasteiger partial charge in [-0.15, -0.1) is 5.10 Å². The van der Waals surface area contributed by atoms with Gasteiger partial charge in [-0.1, -0.05) is 18.2 Å². The number of carbonyl (C=O) groups is 1. The number of anilines is 2. The fourth-order valence-electron chi connectivity index (χ4n) is 2.79. The van der Waals surface area contributed by atoms with Crippen molar-refractivity contribution in [2.24, 2.45) is 0 Å². The van der Waals surface area contributed by atoms with E-state index < -0.39 is 17.3 Å². The molecule has 0 saturated carbocycles. The van der Waals surface area contributed by atoms with Crippen molar-refractivity contribution in [1.29, 1.82) is 5.26 Å². The number of nitrogens with zero attached hydrogens (tertiary/aromatic N) is 4. The number of aromatic carboxylic acids is 1. The number of hydrogen-bond acceptors (Lipinski definition) is 5. The summed E-state index contributed by atoms with van der Waals surface area (Å²) < 4.78 is 15.1. The minimum Gasteiger partial charge on any atom is -0.478 e. The van der Waals surface area contributed by atoms with Gasteiger partial charge in [0.1, 0.15) is 11.9 Å². The molecule has 2 aromatic heterocycles. The van der Waals surface area contributed by atoms with Crippen LogP contribution in [0.3, 0.4) is 0 Å². The molecule has 2 aromatic carbocycles. The van der Waals surface area contributed by atoms with Crippen molar-refractivity contribution in [3.8, 4) is 17.2 Å². The topological polar surface area (TPSA) is 103 Å². The lowest BCUT2D eigenvalue weighted by Crippen LogP contribution is -2.00. The summed E-state index contributed by atoms with van der Waals surface area (Å²) >= 11 is 0. The third kappa shape index (κ3) is 3.12. The van der Waals surface area contributed by atoms with E-state index >= 15 is 0 Å². The molecule has 0 amide bonds. The first-order valence-electron chi connectivity index (χ1n) is 8.21. The van der Waals surface area contributed by atoms with Crippen molar-refractivity contribution in [2.75, 3.05) is 5.32 Å². The second-order valence-electron chi connectivity index (χ2n) is 5.94. The lowest BCUT2D eigenvalue weighted by Gasteiger charge is -2.04. The lowest BCUT2D eigenvalue weighted by atomic mass is 10.0. The molecule has 0 fully saturated rings.